The molecule has 0 radical (unpaired) electrons. The van der Waals surface area contributed by atoms with E-state index < -0.39 is 21.6 Å². The molecule has 6 nitrogen and oxygen atoms in total. The zero-order valence-corrected chi connectivity index (χ0v) is 13.6. The quantitative estimate of drug-likeness (QED) is 0.771. The number of rotatable bonds is 7. The summed E-state index contributed by atoms with van der Waals surface area (Å²) in [6.07, 6.45) is 2.10. The maximum Gasteiger partial charge on any atom is 0.311 e. The lowest BCUT2D eigenvalue weighted by Crippen LogP contribution is -2.45. The lowest BCUT2D eigenvalue weighted by molar-refractivity contribution is -0.150. The molecule has 0 bridgehead atoms. The fourth-order valence-electron chi connectivity index (χ4n) is 2.58. The van der Waals surface area contributed by atoms with Crippen LogP contribution in [-0.2, 0) is 15.0 Å². The number of nitrogens with zero attached hydrogens (tertiary/aromatic N) is 2. The Morgan fingerprint density at radius 2 is 2.05 bits per heavy atom. The van der Waals surface area contributed by atoms with Crippen molar-refractivity contribution in [3.63, 3.8) is 0 Å². The number of carbonyl (C=O) groups is 1. The minimum Gasteiger partial charge on any atom is -0.481 e. The standard InChI is InChI=1S/C13H26N2O4S/c1-5-6-8-14(4)20(18,19)15-9-7-13(10-15,11(2)3)12(16)17/h11H,5-10H2,1-4H3,(H,16,17). The van der Waals surface area contributed by atoms with Crippen molar-refractivity contribution in [3.8, 4) is 0 Å². The smallest absolute Gasteiger partial charge is 0.311 e. The van der Waals surface area contributed by atoms with Gasteiger partial charge in [0.1, 0.15) is 0 Å². The van der Waals surface area contributed by atoms with Gasteiger partial charge >= 0.3 is 5.97 Å². The minimum absolute atomic E-state index is 0.0683. The first-order valence-corrected chi connectivity index (χ1v) is 8.53. The molecule has 1 N–H and O–H groups in total. The van der Waals surface area contributed by atoms with E-state index in [9.17, 15) is 18.3 Å². The molecule has 1 aliphatic heterocycles. The summed E-state index contributed by atoms with van der Waals surface area (Å²) >= 11 is 0. The maximum atomic E-state index is 12.4. The van der Waals surface area contributed by atoms with E-state index in [2.05, 4.69) is 0 Å². The van der Waals surface area contributed by atoms with Crippen molar-refractivity contribution >= 4 is 16.2 Å². The summed E-state index contributed by atoms with van der Waals surface area (Å²) in [5.74, 6) is -0.998. The summed E-state index contributed by atoms with van der Waals surface area (Å²) in [7, 11) is -1.99. The molecule has 0 spiro atoms. The zero-order valence-electron chi connectivity index (χ0n) is 12.8. The number of carboxylic acid groups (broad SMARTS) is 1. The van der Waals surface area contributed by atoms with Crippen LogP contribution in [0.4, 0.5) is 0 Å². The summed E-state index contributed by atoms with van der Waals surface area (Å²) in [4.78, 5) is 11.5. The topological polar surface area (TPSA) is 77.9 Å². The Kier molecular flexibility index (Phi) is 5.57. The van der Waals surface area contributed by atoms with Crippen LogP contribution in [0.3, 0.4) is 0 Å². The van der Waals surface area contributed by atoms with Gasteiger partial charge in [0, 0.05) is 26.7 Å². The largest absolute Gasteiger partial charge is 0.481 e. The van der Waals surface area contributed by atoms with E-state index in [1.54, 1.807) is 7.05 Å². The highest BCUT2D eigenvalue weighted by Gasteiger charge is 2.50. The molecule has 20 heavy (non-hydrogen) atoms. The molecular formula is C13H26N2O4S. The molecule has 1 heterocycles. The molecule has 1 aliphatic rings. The normalized spacial score (nSPS) is 24.7. The maximum absolute atomic E-state index is 12.4. The number of carboxylic acids is 1. The monoisotopic (exact) mass is 306 g/mol. The van der Waals surface area contributed by atoms with Gasteiger partial charge in [0.25, 0.3) is 10.2 Å². The molecule has 1 unspecified atom stereocenters. The molecule has 1 saturated heterocycles. The SMILES string of the molecule is CCCCN(C)S(=O)(=O)N1CCC(C(=O)O)(C(C)C)C1. The lowest BCUT2D eigenvalue weighted by Gasteiger charge is -2.29. The number of unbranched alkanes of at least 4 members (excludes halogenated alkanes) is 1. The minimum atomic E-state index is -3.55. The molecule has 1 atom stereocenters. The molecule has 118 valence electrons. The predicted molar refractivity (Wildman–Crippen MR) is 77.6 cm³/mol. The molecule has 1 rings (SSSR count). The Bertz CT molecular complexity index is 449. The number of hydrogen-bond donors (Lipinski definition) is 1. The molecule has 0 amide bonds. The average molecular weight is 306 g/mol. The Labute approximate surface area is 121 Å². The molecule has 0 aromatic carbocycles. The first kappa shape index (κ1) is 17.4. The van der Waals surface area contributed by atoms with Gasteiger partial charge in [-0.2, -0.15) is 17.0 Å². The van der Waals surface area contributed by atoms with Crippen LogP contribution in [-0.4, -0.2) is 54.8 Å². The first-order valence-electron chi connectivity index (χ1n) is 7.13. The van der Waals surface area contributed by atoms with Crippen LogP contribution >= 0.6 is 0 Å². The first-order chi connectivity index (χ1) is 9.18. The average Bonchev–Trinajstić information content (AvgIpc) is 2.82. The van der Waals surface area contributed by atoms with Crippen molar-refractivity contribution in [2.45, 2.75) is 40.0 Å². The summed E-state index contributed by atoms with van der Waals surface area (Å²) in [5, 5.41) is 9.46. The molecule has 0 aromatic heterocycles. The van der Waals surface area contributed by atoms with Crippen LogP contribution in [0.1, 0.15) is 40.0 Å². The van der Waals surface area contributed by atoms with E-state index in [-0.39, 0.29) is 19.0 Å². The van der Waals surface area contributed by atoms with Gasteiger partial charge in [-0.25, -0.2) is 0 Å². The summed E-state index contributed by atoms with van der Waals surface area (Å²) in [6, 6.07) is 0. The van der Waals surface area contributed by atoms with Crippen molar-refractivity contribution in [1.82, 2.24) is 8.61 Å². The zero-order chi connectivity index (χ0) is 15.6. The van der Waals surface area contributed by atoms with Gasteiger partial charge in [-0.05, 0) is 18.8 Å². The second kappa shape index (κ2) is 6.41. The molecular weight excluding hydrogens is 280 g/mol. The van der Waals surface area contributed by atoms with Crippen LogP contribution < -0.4 is 0 Å². The summed E-state index contributed by atoms with van der Waals surface area (Å²) < 4.78 is 27.5. The van der Waals surface area contributed by atoms with Crippen LogP contribution in [0.2, 0.25) is 0 Å². The van der Waals surface area contributed by atoms with Crippen molar-refractivity contribution in [2.24, 2.45) is 11.3 Å². The Balaban J connectivity index is 2.88. The van der Waals surface area contributed by atoms with E-state index in [1.807, 2.05) is 20.8 Å². The van der Waals surface area contributed by atoms with Crippen molar-refractivity contribution in [2.75, 3.05) is 26.7 Å². The van der Waals surface area contributed by atoms with Crippen LogP contribution in [0, 0.1) is 11.3 Å². The van der Waals surface area contributed by atoms with Gasteiger partial charge in [0.2, 0.25) is 0 Å². The molecule has 0 aromatic rings. The summed E-state index contributed by atoms with van der Waals surface area (Å²) in [6.45, 7) is 6.50. The van der Waals surface area contributed by atoms with Crippen molar-refractivity contribution < 1.29 is 18.3 Å². The third kappa shape index (κ3) is 3.15. The van der Waals surface area contributed by atoms with Crippen LogP contribution in [0.15, 0.2) is 0 Å². The number of aliphatic carboxylic acids is 1. The Hall–Kier alpha value is -0.660. The Morgan fingerprint density at radius 1 is 1.45 bits per heavy atom. The molecule has 1 fully saturated rings. The summed E-state index contributed by atoms with van der Waals surface area (Å²) in [5.41, 5.74) is -0.960. The fourth-order valence-corrected chi connectivity index (χ4v) is 4.05. The Morgan fingerprint density at radius 3 is 2.45 bits per heavy atom. The van der Waals surface area contributed by atoms with Gasteiger partial charge < -0.3 is 5.11 Å². The lowest BCUT2D eigenvalue weighted by atomic mass is 9.77. The highest BCUT2D eigenvalue weighted by atomic mass is 32.2. The second-order valence-electron chi connectivity index (χ2n) is 5.88. The van der Waals surface area contributed by atoms with E-state index in [0.29, 0.717) is 13.0 Å². The third-order valence-electron chi connectivity index (χ3n) is 4.34. The second-order valence-corrected chi connectivity index (χ2v) is 7.92. The van der Waals surface area contributed by atoms with Gasteiger partial charge in [0.05, 0.1) is 5.41 Å². The molecule has 0 aliphatic carbocycles. The highest BCUT2D eigenvalue weighted by Crippen LogP contribution is 2.39. The third-order valence-corrected chi connectivity index (χ3v) is 6.28. The van der Waals surface area contributed by atoms with E-state index >= 15 is 0 Å². The highest BCUT2D eigenvalue weighted by molar-refractivity contribution is 7.86. The van der Waals surface area contributed by atoms with E-state index in [4.69, 9.17) is 0 Å². The van der Waals surface area contributed by atoms with Crippen LogP contribution in [0.5, 0.6) is 0 Å². The van der Waals surface area contributed by atoms with Gasteiger partial charge in [-0.3, -0.25) is 4.79 Å². The predicted octanol–water partition coefficient (Wildman–Crippen LogP) is 1.40. The van der Waals surface area contributed by atoms with E-state index in [0.717, 1.165) is 12.8 Å². The molecule has 7 heteroatoms. The van der Waals surface area contributed by atoms with E-state index in [1.165, 1.54) is 8.61 Å². The van der Waals surface area contributed by atoms with Crippen molar-refractivity contribution in [3.05, 3.63) is 0 Å². The van der Waals surface area contributed by atoms with Gasteiger partial charge in [-0.1, -0.05) is 27.2 Å². The molecule has 0 saturated carbocycles. The van der Waals surface area contributed by atoms with Gasteiger partial charge in [-0.15, -0.1) is 0 Å². The van der Waals surface area contributed by atoms with Crippen molar-refractivity contribution in [1.29, 1.82) is 0 Å². The number of hydrogen-bond acceptors (Lipinski definition) is 3. The van der Waals surface area contributed by atoms with Crippen LogP contribution in [0.25, 0.3) is 0 Å². The van der Waals surface area contributed by atoms with Gasteiger partial charge in [0.15, 0.2) is 0 Å². The fraction of sp³-hybridized carbons (Fsp3) is 0.923.